The van der Waals surface area contributed by atoms with E-state index in [9.17, 15) is 9.59 Å². The topological polar surface area (TPSA) is 113 Å². The molecule has 5 rings (SSSR count). The molecule has 3 amide bonds. The van der Waals surface area contributed by atoms with Crippen molar-refractivity contribution >= 4 is 35.7 Å². The summed E-state index contributed by atoms with van der Waals surface area (Å²) in [7, 11) is 3.63. The van der Waals surface area contributed by atoms with Crippen molar-refractivity contribution in [1.82, 2.24) is 35.4 Å². The Morgan fingerprint density at radius 3 is 2.53 bits per heavy atom. The van der Waals surface area contributed by atoms with Gasteiger partial charge in [-0.2, -0.15) is 0 Å². The Labute approximate surface area is 259 Å². The quantitative estimate of drug-likeness (QED) is 0.368. The molecule has 43 heavy (non-hydrogen) atoms. The minimum absolute atomic E-state index is 0.0417. The van der Waals surface area contributed by atoms with Gasteiger partial charge >= 0.3 is 6.03 Å². The number of carbonyl (C=O) groups is 2. The number of halogens is 1. The first-order valence-electron chi connectivity index (χ1n) is 14.5. The van der Waals surface area contributed by atoms with E-state index >= 15 is 0 Å². The van der Waals surface area contributed by atoms with E-state index in [1.807, 2.05) is 69.6 Å². The van der Waals surface area contributed by atoms with Gasteiger partial charge in [-0.05, 0) is 74.2 Å². The van der Waals surface area contributed by atoms with Gasteiger partial charge in [0.15, 0.2) is 0 Å². The normalized spacial score (nSPS) is 14.7. The van der Waals surface area contributed by atoms with Crippen LogP contribution in [0.4, 0.5) is 4.79 Å². The van der Waals surface area contributed by atoms with E-state index in [1.54, 1.807) is 30.7 Å². The van der Waals surface area contributed by atoms with Crippen LogP contribution < -0.4 is 16.0 Å². The van der Waals surface area contributed by atoms with Crippen molar-refractivity contribution in [3.8, 4) is 0 Å². The Hall–Kier alpha value is -3.73. The van der Waals surface area contributed by atoms with Crippen LogP contribution in [-0.2, 0) is 23.0 Å². The summed E-state index contributed by atoms with van der Waals surface area (Å²) >= 11 is 6.36. The van der Waals surface area contributed by atoms with E-state index in [1.165, 1.54) is 0 Å². The summed E-state index contributed by atoms with van der Waals surface area (Å²) in [5.74, 6) is 0. The molecule has 0 spiro atoms. The largest absolute Gasteiger partial charge is 0.379 e. The first-order valence-corrected chi connectivity index (χ1v) is 14.8. The van der Waals surface area contributed by atoms with Gasteiger partial charge in [0.1, 0.15) is 0 Å². The second-order valence-corrected chi connectivity index (χ2v) is 11.6. The predicted molar refractivity (Wildman–Crippen MR) is 172 cm³/mol. The van der Waals surface area contributed by atoms with E-state index < -0.39 is 6.04 Å². The molecule has 3 heterocycles. The lowest BCUT2D eigenvalue weighted by molar-refractivity contribution is -0.118. The number of nitrogens with one attached hydrogen (secondary N) is 3. The number of amides is 3. The SMILES string of the molecule is CCNC(=O)NC(C1=Cc2cccnc2Cc2ccc(Cl)cc21)c1cncn1C.COC(C)(C)C.O=CN1CCNCC1. The van der Waals surface area contributed by atoms with E-state index in [0.29, 0.717) is 18.0 Å². The van der Waals surface area contributed by atoms with Crippen LogP contribution in [0.2, 0.25) is 5.02 Å². The van der Waals surface area contributed by atoms with Gasteiger partial charge < -0.3 is 30.2 Å². The highest BCUT2D eigenvalue weighted by Gasteiger charge is 2.27. The highest BCUT2D eigenvalue weighted by molar-refractivity contribution is 6.30. The number of fused-ring (bicyclic) bond motifs is 2. The highest BCUT2D eigenvalue weighted by Crippen LogP contribution is 2.38. The molecular formula is C32H44ClN7O3. The number of nitrogens with zero attached hydrogens (tertiary/aromatic N) is 4. The van der Waals surface area contributed by atoms with Crippen molar-refractivity contribution in [2.45, 2.75) is 45.8 Å². The van der Waals surface area contributed by atoms with E-state index in [-0.39, 0.29) is 11.6 Å². The molecule has 0 radical (unpaired) electrons. The number of hydrogen-bond donors (Lipinski definition) is 3. The monoisotopic (exact) mass is 609 g/mol. The van der Waals surface area contributed by atoms with Crippen molar-refractivity contribution in [3.05, 3.63) is 82.2 Å². The third-order valence-corrected chi connectivity index (χ3v) is 7.20. The molecule has 3 aromatic rings. The molecule has 10 nitrogen and oxygen atoms in total. The number of piperazine rings is 1. The third-order valence-electron chi connectivity index (χ3n) is 6.96. The van der Waals surface area contributed by atoms with E-state index in [4.69, 9.17) is 16.3 Å². The van der Waals surface area contributed by atoms with Crippen LogP contribution in [0.15, 0.2) is 49.1 Å². The average molecular weight is 610 g/mol. The molecule has 1 aromatic carbocycles. The molecule has 0 bridgehead atoms. The number of urea groups is 1. The minimum atomic E-state index is -0.405. The molecule has 1 unspecified atom stereocenters. The number of carbonyl (C=O) groups excluding carboxylic acids is 2. The van der Waals surface area contributed by atoms with Crippen LogP contribution in [-0.4, -0.2) is 77.3 Å². The van der Waals surface area contributed by atoms with Gasteiger partial charge in [0.05, 0.1) is 35.6 Å². The van der Waals surface area contributed by atoms with Crippen LogP contribution in [0, 0.1) is 0 Å². The molecule has 232 valence electrons. The fourth-order valence-electron chi connectivity index (χ4n) is 4.45. The molecule has 0 saturated carbocycles. The Morgan fingerprint density at radius 1 is 1.23 bits per heavy atom. The standard InChI is InChI=1S/C22H22ClN5O.C5H10N2O.C5H12O/c1-3-25-22(29)27-21(20-12-24-13-28(20)2)18-9-15-5-4-8-26-19(15)10-14-6-7-16(23)11-17(14)18;8-5-7-3-1-6-2-4-7;1-5(2,3)6-4/h4-9,11-13,21H,3,10H2,1-2H3,(H2,25,27,29);5-6H,1-4H2;1-4H3. The second kappa shape index (κ2) is 16.2. The van der Waals surface area contributed by atoms with E-state index in [0.717, 1.165) is 66.2 Å². The number of rotatable bonds is 5. The number of aromatic nitrogens is 3. The number of imidazole rings is 1. The summed E-state index contributed by atoms with van der Waals surface area (Å²) in [5, 5.41) is 9.73. The molecule has 1 aliphatic heterocycles. The molecule has 1 fully saturated rings. The summed E-state index contributed by atoms with van der Waals surface area (Å²) < 4.78 is 6.85. The Morgan fingerprint density at radius 2 is 1.95 bits per heavy atom. The van der Waals surface area contributed by atoms with Gasteiger partial charge in [0.2, 0.25) is 6.41 Å². The number of hydrogen-bond acceptors (Lipinski definition) is 6. The maximum absolute atomic E-state index is 12.5. The second-order valence-electron chi connectivity index (χ2n) is 11.2. The first-order chi connectivity index (χ1) is 20.6. The molecule has 2 aliphatic rings. The van der Waals surface area contributed by atoms with Crippen molar-refractivity contribution in [3.63, 3.8) is 0 Å². The first kappa shape index (κ1) is 33.8. The summed E-state index contributed by atoms with van der Waals surface area (Å²) in [6, 6.07) is 9.20. The van der Waals surface area contributed by atoms with Crippen LogP contribution in [0.25, 0.3) is 11.6 Å². The van der Waals surface area contributed by atoms with Crippen LogP contribution in [0.1, 0.15) is 61.8 Å². The van der Waals surface area contributed by atoms with Gasteiger partial charge in [-0.3, -0.25) is 9.78 Å². The maximum atomic E-state index is 12.5. The Kier molecular flexibility index (Phi) is 12.7. The van der Waals surface area contributed by atoms with E-state index in [2.05, 4.69) is 32.0 Å². The average Bonchev–Trinajstić information content (AvgIpc) is 3.35. The lowest BCUT2D eigenvalue weighted by Crippen LogP contribution is -2.42. The summed E-state index contributed by atoms with van der Waals surface area (Å²) in [4.78, 5) is 33.2. The zero-order valence-corrected chi connectivity index (χ0v) is 26.7. The van der Waals surface area contributed by atoms with Gasteiger partial charge in [-0.15, -0.1) is 0 Å². The van der Waals surface area contributed by atoms with Crippen LogP contribution >= 0.6 is 11.6 Å². The molecule has 2 aromatic heterocycles. The minimum Gasteiger partial charge on any atom is -0.379 e. The van der Waals surface area contributed by atoms with Crippen molar-refractivity contribution in [2.24, 2.45) is 7.05 Å². The zero-order chi connectivity index (χ0) is 31.4. The van der Waals surface area contributed by atoms with Crippen molar-refractivity contribution < 1.29 is 14.3 Å². The highest BCUT2D eigenvalue weighted by atomic mass is 35.5. The van der Waals surface area contributed by atoms with Gasteiger partial charge in [0.25, 0.3) is 0 Å². The van der Waals surface area contributed by atoms with Crippen LogP contribution in [0.5, 0.6) is 0 Å². The lowest BCUT2D eigenvalue weighted by Gasteiger charge is -2.24. The number of aryl methyl sites for hydroxylation is 1. The zero-order valence-electron chi connectivity index (χ0n) is 26.0. The van der Waals surface area contributed by atoms with Gasteiger partial charge in [0, 0.05) is 64.5 Å². The summed E-state index contributed by atoms with van der Waals surface area (Å²) in [6.45, 7) is 12.1. The lowest BCUT2D eigenvalue weighted by atomic mass is 9.92. The molecule has 1 aliphatic carbocycles. The molecular weight excluding hydrogens is 566 g/mol. The Balaban J connectivity index is 0.000000298. The Bertz CT molecular complexity index is 1380. The molecule has 3 N–H and O–H groups in total. The van der Waals surface area contributed by atoms with Crippen LogP contribution in [0.3, 0.4) is 0 Å². The fraction of sp³-hybridized carbons (Fsp3) is 0.438. The molecule has 11 heteroatoms. The van der Waals surface area contributed by atoms with Gasteiger partial charge in [-0.25, -0.2) is 9.78 Å². The third kappa shape index (κ3) is 10.2. The maximum Gasteiger partial charge on any atom is 0.315 e. The van der Waals surface area contributed by atoms with Gasteiger partial charge in [-0.1, -0.05) is 23.7 Å². The summed E-state index contributed by atoms with van der Waals surface area (Å²) in [5.41, 5.74) is 6.00. The molecule has 1 atom stereocenters. The smallest absolute Gasteiger partial charge is 0.315 e. The fourth-order valence-corrected chi connectivity index (χ4v) is 4.62. The summed E-state index contributed by atoms with van der Waals surface area (Å²) in [6.07, 6.45) is 9.00. The number of methoxy groups -OCH3 is 1. The van der Waals surface area contributed by atoms with Crippen molar-refractivity contribution in [1.29, 1.82) is 0 Å². The number of pyridine rings is 1. The number of ether oxygens (including phenoxy) is 1. The number of benzene rings is 1. The predicted octanol–water partition coefficient (Wildman–Crippen LogP) is 4.45. The molecule has 1 saturated heterocycles. The van der Waals surface area contributed by atoms with Crippen molar-refractivity contribution in [2.75, 3.05) is 39.8 Å².